The third kappa shape index (κ3) is 5.68. The second kappa shape index (κ2) is 10.8. The molecule has 5 N–H and O–H groups in total. The third-order valence-electron chi connectivity index (χ3n) is 5.77. The first-order valence-electron chi connectivity index (χ1n) is 11.9. The van der Waals surface area contributed by atoms with E-state index in [9.17, 15) is 28.0 Å². The fourth-order valence-corrected chi connectivity index (χ4v) is 7.20. The van der Waals surface area contributed by atoms with Crippen molar-refractivity contribution in [2.45, 2.75) is 13.5 Å². The van der Waals surface area contributed by atoms with Crippen LogP contribution in [-0.2, 0) is 15.6 Å². The molecular formula is C25H25FN5O6PS2. The predicted octanol–water partition coefficient (Wildman–Crippen LogP) is 5.30. The normalized spacial score (nSPS) is 17.1. The van der Waals surface area contributed by atoms with Crippen LogP contribution in [0.3, 0.4) is 0 Å². The summed E-state index contributed by atoms with van der Waals surface area (Å²) in [5.41, 5.74) is 0.277. The van der Waals surface area contributed by atoms with Gasteiger partial charge in [-0.25, -0.2) is 9.07 Å². The molecule has 1 aliphatic heterocycles. The standard InChI is InChI=1S/C25H25FN5O6PS2/c1-3-37-38(34)19-13-17(30-40(2,35)36)10-11-18(19)27-24(29-38)21-23(32)22(20-5-4-12-39-20)28-31(25(21)33)14-15-6-8-16(26)9-7-15/h4-13,30,32,35-36H,3,14H2,1-2H3,(H,27,29,34). The van der Waals surface area contributed by atoms with E-state index in [-0.39, 0.29) is 41.2 Å². The topological polar surface area (TPSA) is 158 Å². The lowest BCUT2D eigenvalue weighted by atomic mass is 10.1. The summed E-state index contributed by atoms with van der Waals surface area (Å²) in [5.74, 6) is -1.07. The molecular weight excluding hydrogens is 580 g/mol. The molecule has 1 aliphatic rings. The fraction of sp³-hybridized carbons (Fsp3) is 0.160. The van der Waals surface area contributed by atoms with Crippen molar-refractivity contribution in [3.05, 3.63) is 87.3 Å². The van der Waals surface area contributed by atoms with E-state index in [0.717, 1.165) is 4.68 Å². The Hall–Kier alpha value is -3.52. The van der Waals surface area contributed by atoms with Crippen LogP contribution >= 0.6 is 29.6 Å². The van der Waals surface area contributed by atoms with Gasteiger partial charge in [0, 0.05) is 6.26 Å². The highest BCUT2D eigenvalue weighted by Crippen LogP contribution is 2.53. The molecule has 5 rings (SSSR count). The molecule has 2 aromatic carbocycles. The summed E-state index contributed by atoms with van der Waals surface area (Å²) >= 11 is 1.30. The Labute approximate surface area is 234 Å². The molecule has 0 spiro atoms. The van der Waals surface area contributed by atoms with Crippen LogP contribution in [0.15, 0.2) is 69.5 Å². The van der Waals surface area contributed by atoms with Crippen LogP contribution in [0, 0.1) is 5.82 Å². The van der Waals surface area contributed by atoms with E-state index in [4.69, 9.17) is 4.52 Å². The van der Waals surface area contributed by atoms with Crippen molar-refractivity contribution in [1.82, 2.24) is 9.78 Å². The van der Waals surface area contributed by atoms with E-state index in [1.54, 1.807) is 24.4 Å². The number of hydrogen-bond donors (Lipinski definition) is 5. The summed E-state index contributed by atoms with van der Waals surface area (Å²) in [6.45, 7) is 1.62. The zero-order chi connectivity index (χ0) is 28.7. The van der Waals surface area contributed by atoms with Gasteiger partial charge in [0.1, 0.15) is 17.1 Å². The molecule has 40 heavy (non-hydrogen) atoms. The summed E-state index contributed by atoms with van der Waals surface area (Å²) < 4.78 is 60.7. The van der Waals surface area contributed by atoms with Gasteiger partial charge in [-0.05, 0) is 54.3 Å². The average molecular weight is 606 g/mol. The number of halogens is 1. The van der Waals surface area contributed by atoms with E-state index in [2.05, 4.69) is 19.9 Å². The molecule has 4 aromatic rings. The van der Waals surface area contributed by atoms with Crippen molar-refractivity contribution in [3.8, 4) is 16.3 Å². The number of anilines is 2. The molecule has 0 saturated heterocycles. The van der Waals surface area contributed by atoms with Gasteiger partial charge < -0.3 is 14.9 Å². The molecule has 1 unspecified atom stereocenters. The van der Waals surface area contributed by atoms with Gasteiger partial charge >= 0.3 is 7.52 Å². The molecule has 3 heterocycles. The number of hydrogen-bond acceptors (Lipinski definition) is 10. The van der Waals surface area contributed by atoms with Crippen LogP contribution in [0.4, 0.5) is 15.8 Å². The van der Waals surface area contributed by atoms with Crippen LogP contribution in [-0.4, -0.2) is 42.7 Å². The van der Waals surface area contributed by atoms with Crippen molar-refractivity contribution in [3.63, 3.8) is 0 Å². The zero-order valence-corrected chi connectivity index (χ0v) is 23.8. The quantitative estimate of drug-likeness (QED) is 0.168. The SMILES string of the molecule is CCOP1(=O)N=C(c2c(O)c(-c3cccs3)nn(Cc3ccc(F)cc3)c2=O)Nc2ccc(NS(C)(O)O)cc21. The minimum absolute atomic E-state index is 0.0195. The van der Waals surface area contributed by atoms with Crippen molar-refractivity contribution in [2.24, 2.45) is 4.76 Å². The Morgan fingerprint density at radius 1 is 1.20 bits per heavy atom. The van der Waals surface area contributed by atoms with Crippen molar-refractivity contribution >= 4 is 52.1 Å². The molecule has 210 valence electrons. The Morgan fingerprint density at radius 3 is 2.60 bits per heavy atom. The van der Waals surface area contributed by atoms with Gasteiger partial charge in [-0.15, -0.1) is 22.1 Å². The maximum Gasteiger partial charge on any atom is 0.348 e. The third-order valence-corrected chi connectivity index (χ3v) is 9.32. The second-order valence-electron chi connectivity index (χ2n) is 8.82. The first-order valence-corrected chi connectivity index (χ1v) is 16.3. The fourth-order valence-electron chi connectivity index (χ4n) is 4.11. The van der Waals surface area contributed by atoms with Gasteiger partial charge in [-0.2, -0.15) is 9.86 Å². The number of nitrogens with zero attached hydrogens (tertiary/aromatic N) is 3. The zero-order valence-electron chi connectivity index (χ0n) is 21.2. The lowest BCUT2D eigenvalue weighted by Crippen LogP contribution is -2.35. The van der Waals surface area contributed by atoms with E-state index in [1.807, 2.05) is 0 Å². The smallest absolute Gasteiger partial charge is 0.348 e. The summed E-state index contributed by atoms with van der Waals surface area (Å²) in [6, 6.07) is 13.6. The number of aromatic hydroxyl groups is 1. The lowest BCUT2D eigenvalue weighted by molar-refractivity contribution is 0.341. The second-order valence-corrected chi connectivity index (χ2v) is 13.6. The van der Waals surface area contributed by atoms with Crippen LogP contribution in [0.25, 0.3) is 10.6 Å². The summed E-state index contributed by atoms with van der Waals surface area (Å²) in [4.78, 5) is 14.3. The first kappa shape index (κ1) is 28.0. The van der Waals surface area contributed by atoms with Gasteiger partial charge in [0.05, 0.1) is 34.7 Å². The van der Waals surface area contributed by atoms with Crippen molar-refractivity contribution < 1.29 is 27.7 Å². The van der Waals surface area contributed by atoms with Gasteiger partial charge in [0.2, 0.25) is 0 Å². The molecule has 0 bridgehead atoms. The molecule has 2 aromatic heterocycles. The summed E-state index contributed by atoms with van der Waals surface area (Å²) in [7, 11) is -7.12. The number of fused-ring (bicyclic) bond motifs is 1. The largest absolute Gasteiger partial charge is 0.505 e. The van der Waals surface area contributed by atoms with E-state index < -0.39 is 35.4 Å². The Bertz CT molecular complexity index is 1700. The highest BCUT2D eigenvalue weighted by molar-refractivity contribution is 8.24. The van der Waals surface area contributed by atoms with E-state index >= 15 is 0 Å². The summed E-state index contributed by atoms with van der Waals surface area (Å²) in [5, 5.41) is 20.6. The van der Waals surface area contributed by atoms with Gasteiger partial charge in [0.25, 0.3) is 5.56 Å². The van der Waals surface area contributed by atoms with E-state index in [1.165, 1.54) is 60.1 Å². The molecule has 0 radical (unpaired) electrons. The highest BCUT2D eigenvalue weighted by Gasteiger charge is 2.36. The van der Waals surface area contributed by atoms with Crippen LogP contribution in [0.5, 0.6) is 5.75 Å². The molecule has 11 nitrogen and oxygen atoms in total. The molecule has 0 amide bonds. The van der Waals surface area contributed by atoms with Crippen LogP contribution in [0.1, 0.15) is 18.1 Å². The Balaban J connectivity index is 1.67. The number of amidine groups is 1. The minimum Gasteiger partial charge on any atom is -0.505 e. The minimum atomic E-state index is -4.01. The molecule has 0 aliphatic carbocycles. The monoisotopic (exact) mass is 605 g/mol. The van der Waals surface area contributed by atoms with Crippen molar-refractivity contribution in [2.75, 3.05) is 22.9 Å². The van der Waals surface area contributed by atoms with Gasteiger partial charge in [0.15, 0.2) is 11.6 Å². The number of aromatic nitrogens is 2. The van der Waals surface area contributed by atoms with Crippen molar-refractivity contribution in [1.29, 1.82) is 0 Å². The average Bonchev–Trinajstić information content (AvgIpc) is 3.41. The first-order chi connectivity index (χ1) is 19.0. The van der Waals surface area contributed by atoms with E-state index in [0.29, 0.717) is 16.1 Å². The number of thiophene rings is 1. The summed E-state index contributed by atoms with van der Waals surface area (Å²) in [6.07, 6.45) is 1.21. The molecule has 0 saturated carbocycles. The number of nitrogens with one attached hydrogen (secondary N) is 2. The number of benzene rings is 2. The maximum atomic E-state index is 14.1. The highest BCUT2D eigenvalue weighted by atomic mass is 32.3. The van der Waals surface area contributed by atoms with Gasteiger partial charge in [-0.1, -0.05) is 18.2 Å². The number of rotatable bonds is 8. The Morgan fingerprint density at radius 2 is 1.95 bits per heavy atom. The maximum absolute atomic E-state index is 14.1. The molecule has 15 heteroatoms. The molecule has 0 fully saturated rings. The van der Waals surface area contributed by atoms with Gasteiger partial charge in [-0.3, -0.25) is 23.2 Å². The van der Waals surface area contributed by atoms with Crippen LogP contribution in [0.2, 0.25) is 0 Å². The molecule has 1 atom stereocenters. The van der Waals surface area contributed by atoms with Crippen LogP contribution < -0.4 is 20.9 Å². The predicted molar refractivity (Wildman–Crippen MR) is 157 cm³/mol. The Kier molecular flexibility index (Phi) is 7.57. The lowest BCUT2D eigenvalue weighted by Gasteiger charge is -2.30.